The Balaban J connectivity index is 4.60. The van der Waals surface area contributed by atoms with E-state index in [9.17, 15) is 18.0 Å². The van der Waals surface area contributed by atoms with Crippen LogP contribution in [0.4, 0.5) is 18.0 Å². The number of carbonyl (C=O) groups is 1. The van der Waals surface area contributed by atoms with E-state index >= 15 is 0 Å². The number of halogens is 3. The van der Waals surface area contributed by atoms with E-state index in [1.807, 2.05) is 5.32 Å². The van der Waals surface area contributed by atoms with E-state index in [1.54, 1.807) is 0 Å². The maximum Gasteiger partial charge on any atom is 0.416 e. The number of alkyl carbamates (subject to hydrolysis) is 1. The smallest absolute Gasteiger partial charge is 0.416 e. The second kappa shape index (κ2) is 5.20. The first-order valence-corrected chi connectivity index (χ1v) is 4.29. The predicted octanol–water partition coefficient (Wildman–Crippen LogP) is 1.29. The lowest BCUT2D eigenvalue weighted by Crippen LogP contribution is -2.52. The van der Waals surface area contributed by atoms with Crippen molar-refractivity contribution in [2.24, 2.45) is 5.92 Å². The summed E-state index contributed by atoms with van der Waals surface area (Å²) in [5.74, 6) is -0.569. The van der Waals surface area contributed by atoms with E-state index in [2.05, 4.69) is 4.74 Å². The SMILES string of the molecule is COC(=O)NC(C(C)C)[C@H](O)C(F)(F)F. The molecule has 1 amide bonds. The average Bonchev–Trinajstić information content (AvgIpc) is 2.10. The summed E-state index contributed by atoms with van der Waals surface area (Å²) in [5, 5.41) is 10.9. The molecule has 0 aliphatic carbocycles. The van der Waals surface area contributed by atoms with E-state index in [0.29, 0.717) is 0 Å². The summed E-state index contributed by atoms with van der Waals surface area (Å²) in [6.07, 6.45) is -8.37. The highest BCUT2D eigenvalue weighted by Gasteiger charge is 2.45. The van der Waals surface area contributed by atoms with Crippen molar-refractivity contribution >= 4 is 6.09 Å². The van der Waals surface area contributed by atoms with Gasteiger partial charge >= 0.3 is 12.3 Å². The number of rotatable bonds is 3. The second-order valence-corrected chi connectivity index (χ2v) is 3.39. The number of aliphatic hydroxyl groups is 1. The quantitative estimate of drug-likeness (QED) is 0.766. The second-order valence-electron chi connectivity index (χ2n) is 3.39. The minimum absolute atomic E-state index is 0.569. The number of methoxy groups -OCH3 is 1. The van der Waals surface area contributed by atoms with Crippen molar-refractivity contribution in [1.29, 1.82) is 0 Å². The van der Waals surface area contributed by atoms with Crippen molar-refractivity contribution in [3.8, 4) is 0 Å². The molecule has 7 heteroatoms. The highest BCUT2D eigenvalue weighted by atomic mass is 19.4. The van der Waals surface area contributed by atoms with Gasteiger partial charge in [-0.1, -0.05) is 13.8 Å². The summed E-state index contributed by atoms with van der Waals surface area (Å²) in [6.45, 7) is 2.91. The summed E-state index contributed by atoms with van der Waals surface area (Å²) in [7, 11) is 1.03. The molecule has 0 bridgehead atoms. The van der Waals surface area contributed by atoms with Crippen LogP contribution in [-0.4, -0.2) is 36.6 Å². The largest absolute Gasteiger partial charge is 0.453 e. The van der Waals surface area contributed by atoms with Gasteiger partial charge in [-0.2, -0.15) is 13.2 Å². The molecular formula is C8H14F3NO3. The van der Waals surface area contributed by atoms with Crippen LogP contribution in [0.15, 0.2) is 0 Å². The Bertz CT molecular complexity index is 218. The lowest BCUT2D eigenvalue weighted by atomic mass is 9.98. The fourth-order valence-electron chi connectivity index (χ4n) is 1.01. The van der Waals surface area contributed by atoms with Gasteiger partial charge in [0.25, 0.3) is 0 Å². The lowest BCUT2D eigenvalue weighted by Gasteiger charge is -2.28. The fraction of sp³-hybridized carbons (Fsp3) is 0.875. The van der Waals surface area contributed by atoms with Gasteiger partial charge < -0.3 is 15.2 Å². The number of hydrogen-bond donors (Lipinski definition) is 2. The van der Waals surface area contributed by atoms with Gasteiger partial charge in [0.05, 0.1) is 13.2 Å². The molecule has 2 atom stereocenters. The molecule has 0 aliphatic heterocycles. The first kappa shape index (κ1) is 14.0. The molecule has 90 valence electrons. The summed E-state index contributed by atoms with van der Waals surface area (Å²) in [4.78, 5) is 10.7. The molecule has 15 heavy (non-hydrogen) atoms. The number of hydrogen-bond acceptors (Lipinski definition) is 3. The Morgan fingerprint density at radius 1 is 1.40 bits per heavy atom. The molecule has 0 heterocycles. The standard InChI is InChI=1S/C8H14F3NO3/c1-4(2)5(12-7(14)15-3)6(13)8(9,10)11/h4-6,13H,1-3H3,(H,12,14)/t5?,6-/m0/s1. The zero-order valence-corrected chi connectivity index (χ0v) is 8.63. The molecule has 0 fully saturated rings. The molecule has 0 aromatic heterocycles. The van der Waals surface area contributed by atoms with Gasteiger partial charge in [0.1, 0.15) is 0 Å². The molecule has 0 saturated heterocycles. The minimum atomic E-state index is -4.77. The molecule has 0 radical (unpaired) electrons. The number of alkyl halides is 3. The Morgan fingerprint density at radius 2 is 1.87 bits per heavy atom. The highest BCUT2D eigenvalue weighted by Crippen LogP contribution is 2.25. The third-order valence-electron chi connectivity index (χ3n) is 1.86. The van der Waals surface area contributed by atoms with Crippen molar-refractivity contribution in [1.82, 2.24) is 5.32 Å². The Kier molecular flexibility index (Phi) is 4.86. The molecule has 4 nitrogen and oxygen atoms in total. The van der Waals surface area contributed by atoms with E-state index in [-0.39, 0.29) is 0 Å². The summed E-state index contributed by atoms with van der Waals surface area (Å²) in [6, 6.07) is -1.42. The Morgan fingerprint density at radius 3 is 2.13 bits per heavy atom. The molecule has 2 N–H and O–H groups in total. The zero-order chi connectivity index (χ0) is 12.2. The number of carbonyl (C=O) groups excluding carboxylic acids is 1. The maximum atomic E-state index is 12.2. The van der Waals surface area contributed by atoms with Gasteiger partial charge in [0, 0.05) is 0 Å². The van der Waals surface area contributed by atoms with Crippen LogP contribution in [-0.2, 0) is 4.74 Å². The lowest BCUT2D eigenvalue weighted by molar-refractivity contribution is -0.214. The van der Waals surface area contributed by atoms with Crippen LogP contribution in [0.1, 0.15) is 13.8 Å². The van der Waals surface area contributed by atoms with Crippen LogP contribution < -0.4 is 5.32 Å². The normalized spacial score (nSPS) is 16.0. The molecule has 0 aliphatic rings. The van der Waals surface area contributed by atoms with Gasteiger partial charge in [-0.15, -0.1) is 0 Å². The van der Waals surface area contributed by atoms with Crippen LogP contribution in [0.25, 0.3) is 0 Å². The first-order chi connectivity index (χ1) is 6.70. The minimum Gasteiger partial charge on any atom is -0.453 e. The number of amides is 1. The molecule has 0 aromatic rings. The number of ether oxygens (including phenoxy) is 1. The van der Waals surface area contributed by atoms with Crippen LogP contribution in [0.3, 0.4) is 0 Å². The average molecular weight is 229 g/mol. The van der Waals surface area contributed by atoms with E-state index in [0.717, 1.165) is 7.11 Å². The third-order valence-corrected chi connectivity index (χ3v) is 1.86. The fourth-order valence-corrected chi connectivity index (χ4v) is 1.01. The summed E-state index contributed by atoms with van der Waals surface area (Å²) in [5.41, 5.74) is 0. The van der Waals surface area contributed by atoms with Crippen molar-refractivity contribution in [3.63, 3.8) is 0 Å². The molecule has 0 spiro atoms. The number of aliphatic hydroxyl groups excluding tert-OH is 1. The number of nitrogens with one attached hydrogen (secondary N) is 1. The molecule has 0 saturated carbocycles. The molecular weight excluding hydrogens is 215 g/mol. The van der Waals surface area contributed by atoms with Crippen LogP contribution in [0.5, 0.6) is 0 Å². The van der Waals surface area contributed by atoms with E-state index < -0.39 is 30.3 Å². The van der Waals surface area contributed by atoms with Crippen LogP contribution in [0, 0.1) is 5.92 Å². The molecule has 0 aromatic carbocycles. The summed E-state index contributed by atoms with van der Waals surface area (Å²) < 4.78 is 40.7. The monoisotopic (exact) mass is 229 g/mol. The topological polar surface area (TPSA) is 58.6 Å². The van der Waals surface area contributed by atoms with Crippen molar-refractivity contribution < 1.29 is 27.8 Å². The van der Waals surface area contributed by atoms with Crippen molar-refractivity contribution in [2.45, 2.75) is 32.2 Å². The van der Waals surface area contributed by atoms with E-state index in [1.165, 1.54) is 13.8 Å². The van der Waals surface area contributed by atoms with E-state index in [4.69, 9.17) is 5.11 Å². The van der Waals surface area contributed by atoms with Gasteiger partial charge in [-0.05, 0) is 5.92 Å². The maximum absolute atomic E-state index is 12.2. The Hall–Kier alpha value is -0.980. The van der Waals surface area contributed by atoms with Gasteiger partial charge in [0.2, 0.25) is 0 Å². The highest BCUT2D eigenvalue weighted by molar-refractivity contribution is 5.67. The molecule has 0 rings (SSSR count). The van der Waals surface area contributed by atoms with Crippen LogP contribution >= 0.6 is 0 Å². The van der Waals surface area contributed by atoms with Gasteiger partial charge in [0.15, 0.2) is 6.10 Å². The third kappa shape index (κ3) is 4.37. The van der Waals surface area contributed by atoms with Crippen molar-refractivity contribution in [3.05, 3.63) is 0 Å². The van der Waals surface area contributed by atoms with Crippen LogP contribution in [0.2, 0.25) is 0 Å². The summed E-state index contributed by atoms with van der Waals surface area (Å²) >= 11 is 0. The van der Waals surface area contributed by atoms with Gasteiger partial charge in [-0.25, -0.2) is 4.79 Å². The zero-order valence-electron chi connectivity index (χ0n) is 8.63. The predicted molar refractivity (Wildman–Crippen MR) is 46.2 cm³/mol. The van der Waals surface area contributed by atoms with Crippen molar-refractivity contribution in [2.75, 3.05) is 7.11 Å². The molecule has 1 unspecified atom stereocenters. The Labute approximate surface area is 85.4 Å². The first-order valence-electron chi connectivity index (χ1n) is 4.29. The van der Waals surface area contributed by atoms with Gasteiger partial charge in [-0.3, -0.25) is 0 Å².